The Morgan fingerprint density at radius 2 is 1.82 bits per heavy atom. The zero-order valence-electron chi connectivity index (χ0n) is 15.0. The van der Waals surface area contributed by atoms with Crippen molar-refractivity contribution in [2.45, 2.75) is 6.54 Å². The molecule has 0 saturated heterocycles. The van der Waals surface area contributed by atoms with E-state index in [1.807, 2.05) is 71.3 Å². The van der Waals surface area contributed by atoms with E-state index in [0.717, 1.165) is 28.0 Å². The lowest BCUT2D eigenvalue weighted by atomic mass is 10.1. The minimum absolute atomic E-state index is 0.125. The molecule has 1 aliphatic rings. The molecule has 1 aromatic heterocycles. The van der Waals surface area contributed by atoms with E-state index >= 15 is 0 Å². The minimum atomic E-state index is -0.125. The van der Waals surface area contributed by atoms with Gasteiger partial charge in [-0.1, -0.05) is 18.2 Å². The normalized spacial score (nSPS) is 12.3. The Morgan fingerprint density at radius 3 is 2.71 bits per heavy atom. The maximum atomic E-state index is 12.5. The molecule has 0 aliphatic carbocycles. The molecule has 0 bridgehead atoms. The van der Waals surface area contributed by atoms with Crippen LogP contribution in [-0.2, 0) is 6.54 Å². The Bertz CT molecular complexity index is 1170. The number of benzene rings is 3. The van der Waals surface area contributed by atoms with Gasteiger partial charge in [-0.05, 0) is 54.1 Å². The number of carbonyl (C=O) groups is 1. The maximum absolute atomic E-state index is 12.5. The lowest BCUT2D eigenvalue weighted by Gasteiger charge is -2.08. The first-order valence-corrected chi connectivity index (χ1v) is 8.97. The SMILES string of the molecule is O=C(NCc1ccc2c(c1)OCO2)c1ccc(-n2cnc3ccccc32)cc1. The number of hydrogen-bond acceptors (Lipinski definition) is 4. The van der Waals surface area contributed by atoms with Crippen LogP contribution < -0.4 is 14.8 Å². The van der Waals surface area contributed by atoms with Crippen molar-refractivity contribution in [3.63, 3.8) is 0 Å². The Hall–Kier alpha value is -3.80. The molecule has 0 unspecified atom stereocenters. The topological polar surface area (TPSA) is 65.4 Å². The van der Waals surface area contributed by atoms with Gasteiger partial charge in [-0.25, -0.2) is 4.98 Å². The molecule has 0 radical (unpaired) electrons. The number of rotatable bonds is 4. The lowest BCUT2D eigenvalue weighted by Crippen LogP contribution is -2.22. The van der Waals surface area contributed by atoms with Crippen LogP contribution in [0, 0.1) is 0 Å². The molecule has 0 spiro atoms. The Morgan fingerprint density at radius 1 is 1.00 bits per heavy atom. The van der Waals surface area contributed by atoms with Gasteiger partial charge in [-0.2, -0.15) is 0 Å². The van der Waals surface area contributed by atoms with Crippen molar-refractivity contribution in [2.24, 2.45) is 0 Å². The van der Waals surface area contributed by atoms with Crippen LogP contribution in [0.4, 0.5) is 0 Å². The third-order valence-corrected chi connectivity index (χ3v) is 4.75. The summed E-state index contributed by atoms with van der Waals surface area (Å²) >= 11 is 0. The zero-order valence-corrected chi connectivity index (χ0v) is 15.0. The number of nitrogens with zero attached hydrogens (tertiary/aromatic N) is 2. The molecule has 4 aromatic rings. The quantitative estimate of drug-likeness (QED) is 0.594. The second-order valence-corrected chi connectivity index (χ2v) is 6.52. The summed E-state index contributed by atoms with van der Waals surface area (Å²) in [6.07, 6.45) is 1.79. The molecule has 0 saturated carbocycles. The molecule has 1 amide bonds. The summed E-state index contributed by atoms with van der Waals surface area (Å²) < 4.78 is 12.7. The average molecular weight is 371 g/mol. The van der Waals surface area contributed by atoms with Crippen molar-refractivity contribution in [3.05, 3.63) is 84.2 Å². The van der Waals surface area contributed by atoms with Gasteiger partial charge >= 0.3 is 0 Å². The number of imidazole rings is 1. The van der Waals surface area contributed by atoms with Gasteiger partial charge in [0.15, 0.2) is 11.5 Å². The van der Waals surface area contributed by atoms with E-state index in [-0.39, 0.29) is 12.7 Å². The highest BCUT2D eigenvalue weighted by Gasteiger charge is 2.14. The first-order chi connectivity index (χ1) is 13.8. The highest BCUT2D eigenvalue weighted by Crippen LogP contribution is 2.32. The van der Waals surface area contributed by atoms with Crippen molar-refractivity contribution in [2.75, 3.05) is 6.79 Å². The third kappa shape index (κ3) is 2.95. The number of fused-ring (bicyclic) bond motifs is 2. The highest BCUT2D eigenvalue weighted by molar-refractivity contribution is 5.94. The van der Waals surface area contributed by atoms with Gasteiger partial charge in [-0.15, -0.1) is 0 Å². The summed E-state index contributed by atoms with van der Waals surface area (Å²) in [6, 6.07) is 21.1. The molecule has 1 N–H and O–H groups in total. The van der Waals surface area contributed by atoms with Crippen LogP contribution in [-0.4, -0.2) is 22.3 Å². The number of nitrogens with one attached hydrogen (secondary N) is 1. The summed E-state index contributed by atoms with van der Waals surface area (Å²) in [5.74, 6) is 1.32. The summed E-state index contributed by atoms with van der Waals surface area (Å²) in [5, 5.41) is 2.94. The average Bonchev–Trinajstić information content (AvgIpc) is 3.38. The predicted octanol–water partition coefficient (Wildman–Crippen LogP) is 3.68. The summed E-state index contributed by atoms with van der Waals surface area (Å²) in [4.78, 5) is 16.9. The van der Waals surface area contributed by atoms with E-state index in [1.165, 1.54) is 0 Å². The van der Waals surface area contributed by atoms with E-state index in [1.54, 1.807) is 6.33 Å². The van der Waals surface area contributed by atoms with Crippen LogP contribution in [0.25, 0.3) is 16.7 Å². The maximum Gasteiger partial charge on any atom is 0.251 e. The molecule has 5 rings (SSSR count). The van der Waals surface area contributed by atoms with Crippen molar-refractivity contribution >= 4 is 16.9 Å². The van der Waals surface area contributed by atoms with Crippen molar-refractivity contribution in [3.8, 4) is 17.2 Å². The van der Waals surface area contributed by atoms with Gasteiger partial charge in [0, 0.05) is 17.8 Å². The smallest absolute Gasteiger partial charge is 0.251 e. The van der Waals surface area contributed by atoms with Gasteiger partial charge in [0.05, 0.1) is 11.0 Å². The van der Waals surface area contributed by atoms with Gasteiger partial charge in [0.1, 0.15) is 6.33 Å². The number of carbonyl (C=O) groups excluding carboxylic acids is 1. The van der Waals surface area contributed by atoms with Gasteiger partial charge in [0.2, 0.25) is 6.79 Å². The van der Waals surface area contributed by atoms with Gasteiger partial charge in [-0.3, -0.25) is 9.36 Å². The molecular weight excluding hydrogens is 354 g/mol. The van der Waals surface area contributed by atoms with Crippen LogP contribution in [0.1, 0.15) is 15.9 Å². The molecule has 28 heavy (non-hydrogen) atoms. The molecule has 0 fully saturated rings. The molecule has 2 heterocycles. The Kier molecular flexibility index (Phi) is 3.94. The number of para-hydroxylation sites is 2. The van der Waals surface area contributed by atoms with Crippen LogP contribution in [0.3, 0.4) is 0 Å². The Balaban J connectivity index is 1.29. The molecule has 1 aliphatic heterocycles. The van der Waals surface area contributed by atoms with Gasteiger partial charge < -0.3 is 14.8 Å². The summed E-state index contributed by atoms with van der Waals surface area (Å²) in [7, 11) is 0. The van der Waals surface area contributed by atoms with Crippen LogP contribution in [0.5, 0.6) is 11.5 Å². The molecule has 138 valence electrons. The van der Waals surface area contributed by atoms with E-state index in [2.05, 4.69) is 10.3 Å². The van der Waals surface area contributed by atoms with Gasteiger partial charge in [0.25, 0.3) is 5.91 Å². The third-order valence-electron chi connectivity index (χ3n) is 4.75. The van der Waals surface area contributed by atoms with Crippen molar-refractivity contribution in [1.82, 2.24) is 14.9 Å². The fourth-order valence-corrected chi connectivity index (χ4v) is 3.27. The molecular formula is C22H17N3O3. The molecule has 3 aromatic carbocycles. The van der Waals surface area contributed by atoms with Crippen LogP contribution >= 0.6 is 0 Å². The number of aromatic nitrogens is 2. The van der Waals surface area contributed by atoms with E-state index in [9.17, 15) is 4.79 Å². The van der Waals surface area contributed by atoms with E-state index in [0.29, 0.717) is 17.9 Å². The minimum Gasteiger partial charge on any atom is -0.454 e. The summed E-state index contributed by atoms with van der Waals surface area (Å²) in [5.41, 5.74) is 4.49. The summed E-state index contributed by atoms with van der Waals surface area (Å²) in [6.45, 7) is 0.660. The van der Waals surface area contributed by atoms with Crippen LogP contribution in [0.15, 0.2) is 73.1 Å². The fraction of sp³-hybridized carbons (Fsp3) is 0.0909. The second-order valence-electron chi connectivity index (χ2n) is 6.52. The number of hydrogen-bond donors (Lipinski definition) is 1. The zero-order chi connectivity index (χ0) is 18.9. The standard InChI is InChI=1S/C22H17N3O3/c26-22(23-12-15-5-10-20-21(11-15)28-14-27-20)16-6-8-17(9-7-16)25-13-24-18-3-1-2-4-19(18)25/h1-11,13H,12,14H2,(H,23,26). The predicted molar refractivity (Wildman–Crippen MR) is 105 cm³/mol. The molecule has 6 nitrogen and oxygen atoms in total. The fourth-order valence-electron chi connectivity index (χ4n) is 3.27. The first kappa shape index (κ1) is 16.4. The number of amides is 1. The Labute approximate surface area is 161 Å². The van der Waals surface area contributed by atoms with Crippen molar-refractivity contribution < 1.29 is 14.3 Å². The molecule has 6 heteroatoms. The van der Waals surface area contributed by atoms with Crippen molar-refractivity contribution in [1.29, 1.82) is 0 Å². The van der Waals surface area contributed by atoms with Crippen LogP contribution in [0.2, 0.25) is 0 Å². The van der Waals surface area contributed by atoms with E-state index in [4.69, 9.17) is 9.47 Å². The van der Waals surface area contributed by atoms with E-state index < -0.39 is 0 Å². The molecule has 0 atom stereocenters. The second kappa shape index (κ2) is 6.74. The largest absolute Gasteiger partial charge is 0.454 e. The first-order valence-electron chi connectivity index (χ1n) is 8.97. The highest BCUT2D eigenvalue weighted by atomic mass is 16.7. The lowest BCUT2D eigenvalue weighted by molar-refractivity contribution is 0.0951. The number of ether oxygens (including phenoxy) is 2. The monoisotopic (exact) mass is 371 g/mol.